The standard InChI is InChI=1S/C24H18ClFN4O/c1-15-4-2-5-16(12-15)23-27-11-10-22(30-23)28-18-7-3-6-17(13-18)24(31)29-19-8-9-21(26)20(25)14-19/h2-14H,1H3,(H,29,31)(H,27,28,30). The smallest absolute Gasteiger partial charge is 0.255 e. The highest BCUT2D eigenvalue weighted by Crippen LogP contribution is 2.22. The lowest BCUT2D eigenvalue weighted by atomic mass is 10.1. The molecule has 5 nitrogen and oxygen atoms in total. The van der Waals surface area contributed by atoms with E-state index in [4.69, 9.17) is 11.6 Å². The van der Waals surface area contributed by atoms with Crippen LogP contribution < -0.4 is 10.6 Å². The van der Waals surface area contributed by atoms with Crippen LogP contribution in [-0.4, -0.2) is 15.9 Å². The molecule has 0 aliphatic heterocycles. The summed E-state index contributed by atoms with van der Waals surface area (Å²) in [6.45, 7) is 2.02. The molecule has 154 valence electrons. The molecule has 0 saturated carbocycles. The van der Waals surface area contributed by atoms with Gasteiger partial charge in [0.15, 0.2) is 5.82 Å². The van der Waals surface area contributed by atoms with Crippen molar-refractivity contribution in [3.8, 4) is 11.4 Å². The molecule has 4 aromatic rings. The Balaban J connectivity index is 1.51. The molecule has 0 bridgehead atoms. The van der Waals surface area contributed by atoms with E-state index >= 15 is 0 Å². The van der Waals surface area contributed by atoms with Crippen LogP contribution in [0.1, 0.15) is 15.9 Å². The summed E-state index contributed by atoms with van der Waals surface area (Å²) in [7, 11) is 0. The molecule has 0 aliphatic carbocycles. The van der Waals surface area contributed by atoms with Gasteiger partial charge in [-0.15, -0.1) is 0 Å². The van der Waals surface area contributed by atoms with E-state index in [0.29, 0.717) is 28.6 Å². The molecule has 1 amide bonds. The van der Waals surface area contributed by atoms with E-state index in [1.165, 1.54) is 18.2 Å². The molecule has 31 heavy (non-hydrogen) atoms. The molecule has 0 unspecified atom stereocenters. The van der Waals surface area contributed by atoms with Crippen LogP contribution in [-0.2, 0) is 0 Å². The summed E-state index contributed by atoms with van der Waals surface area (Å²) < 4.78 is 13.3. The number of aromatic nitrogens is 2. The molecule has 1 heterocycles. The number of benzene rings is 3. The first-order chi connectivity index (χ1) is 15.0. The predicted molar refractivity (Wildman–Crippen MR) is 121 cm³/mol. The second-order valence-corrected chi connectivity index (χ2v) is 7.33. The highest BCUT2D eigenvalue weighted by Gasteiger charge is 2.10. The topological polar surface area (TPSA) is 66.9 Å². The first-order valence-corrected chi connectivity index (χ1v) is 9.89. The van der Waals surface area contributed by atoms with Crippen molar-refractivity contribution in [2.45, 2.75) is 6.92 Å². The molecule has 0 radical (unpaired) electrons. The van der Waals surface area contributed by atoms with Gasteiger partial charge in [0.1, 0.15) is 11.6 Å². The summed E-state index contributed by atoms with van der Waals surface area (Å²) in [4.78, 5) is 21.5. The third kappa shape index (κ3) is 5.05. The van der Waals surface area contributed by atoms with Crippen LogP contribution in [0, 0.1) is 12.7 Å². The van der Waals surface area contributed by atoms with Crippen molar-refractivity contribution in [3.05, 3.63) is 101 Å². The van der Waals surface area contributed by atoms with E-state index in [-0.39, 0.29) is 10.9 Å². The molecule has 0 spiro atoms. The van der Waals surface area contributed by atoms with E-state index in [9.17, 15) is 9.18 Å². The summed E-state index contributed by atoms with van der Waals surface area (Å²) in [6.07, 6.45) is 1.68. The predicted octanol–water partition coefficient (Wildman–Crippen LogP) is 6.24. The van der Waals surface area contributed by atoms with E-state index in [1.807, 2.05) is 37.3 Å². The number of hydrogen-bond acceptors (Lipinski definition) is 4. The van der Waals surface area contributed by atoms with Gasteiger partial charge >= 0.3 is 0 Å². The summed E-state index contributed by atoms with van der Waals surface area (Å²) in [6, 6.07) is 20.7. The Morgan fingerprint density at radius 3 is 2.61 bits per heavy atom. The van der Waals surface area contributed by atoms with Crippen LogP contribution in [0.15, 0.2) is 79.0 Å². The van der Waals surface area contributed by atoms with Crippen molar-refractivity contribution in [3.63, 3.8) is 0 Å². The van der Waals surface area contributed by atoms with Crippen molar-refractivity contribution in [1.29, 1.82) is 0 Å². The van der Waals surface area contributed by atoms with Gasteiger partial charge in [0, 0.05) is 28.7 Å². The minimum Gasteiger partial charge on any atom is -0.340 e. The zero-order chi connectivity index (χ0) is 21.8. The Morgan fingerprint density at radius 1 is 0.968 bits per heavy atom. The molecular weight excluding hydrogens is 415 g/mol. The maximum Gasteiger partial charge on any atom is 0.255 e. The fourth-order valence-electron chi connectivity index (χ4n) is 3.01. The minimum atomic E-state index is -0.541. The maximum atomic E-state index is 13.3. The summed E-state index contributed by atoms with van der Waals surface area (Å²) in [5.74, 6) is 0.334. The highest BCUT2D eigenvalue weighted by molar-refractivity contribution is 6.31. The molecule has 0 saturated heterocycles. The number of nitrogens with zero attached hydrogens (tertiary/aromatic N) is 2. The lowest BCUT2D eigenvalue weighted by molar-refractivity contribution is 0.102. The van der Waals surface area contributed by atoms with E-state index in [2.05, 4.69) is 20.6 Å². The molecular formula is C24H18ClFN4O. The van der Waals surface area contributed by atoms with Crippen LogP contribution in [0.4, 0.5) is 21.6 Å². The van der Waals surface area contributed by atoms with Crippen LogP contribution in [0.25, 0.3) is 11.4 Å². The fraction of sp³-hybridized carbons (Fsp3) is 0.0417. The van der Waals surface area contributed by atoms with Crippen LogP contribution in [0.2, 0.25) is 5.02 Å². The van der Waals surface area contributed by atoms with Gasteiger partial charge in [-0.1, -0.05) is 41.4 Å². The highest BCUT2D eigenvalue weighted by atomic mass is 35.5. The van der Waals surface area contributed by atoms with Gasteiger partial charge < -0.3 is 10.6 Å². The number of rotatable bonds is 5. The largest absolute Gasteiger partial charge is 0.340 e. The van der Waals surface area contributed by atoms with Crippen molar-refractivity contribution in [1.82, 2.24) is 9.97 Å². The summed E-state index contributed by atoms with van der Waals surface area (Å²) >= 11 is 5.78. The van der Waals surface area contributed by atoms with Crippen molar-refractivity contribution in [2.75, 3.05) is 10.6 Å². The maximum absolute atomic E-state index is 13.3. The lowest BCUT2D eigenvalue weighted by Crippen LogP contribution is -2.12. The molecule has 2 N–H and O–H groups in total. The molecule has 1 aromatic heterocycles. The Bertz CT molecular complexity index is 1260. The zero-order valence-electron chi connectivity index (χ0n) is 16.6. The van der Waals surface area contributed by atoms with Crippen molar-refractivity contribution < 1.29 is 9.18 Å². The normalized spacial score (nSPS) is 10.5. The van der Waals surface area contributed by atoms with Crippen LogP contribution in [0.5, 0.6) is 0 Å². The van der Waals surface area contributed by atoms with Gasteiger partial charge in [0.25, 0.3) is 5.91 Å². The number of amides is 1. The third-order valence-corrected chi connectivity index (χ3v) is 4.80. The van der Waals surface area contributed by atoms with Gasteiger partial charge in [-0.25, -0.2) is 14.4 Å². The second kappa shape index (κ2) is 8.93. The van der Waals surface area contributed by atoms with Gasteiger partial charge in [0.2, 0.25) is 0 Å². The van der Waals surface area contributed by atoms with E-state index in [1.54, 1.807) is 30.5 Å². The molecule has 4 rings (SSSR count). The fourth-order valence-corrected chi connectivity index (χ4v) is 3.20. The first kappa shape index (κ1) is 20.5. The molecule has 0 atom stereocenters. The third-order valence-electron chi connectivity index (χ3n) is 4.51. The Labute approximate surface area is 184 Å². The molecule has 0 aliphatic rings. The van der Waals surface area contributed by atoms with E-state index in [0.717, 1.165) is 11.1 Å². The van der Waals surface area contributed by atoms with Crippen molar-refractivity contribution >= 4 is 34.7 Å². The Kier molecular flexibility index (Phi) is 5.91. The van der Waals surface area contributed by atoms with Gasteiger partial charge in [-0.05, 0) is 55.5 Å². The Hall–Kier alpha value is -3.77. The number of nitrogens with one attached hydrogen (secondary N) is 2. The average Bonchev–Trinajstić information content (AvgIpc) is 2.77. The number of halogens is 2. The summed E-state index contributed by atoms with van der Waals surface area (Å²) in [5, 5.41) is 5.86. The number of hydrogen-bond donors (Lipinski definition) is 2. The first-order valence-electron chi connectivity index (χ1n) is 9.51. The van der Waals surface area contributed by atoms with Crippen molar-refractivity contribution in [2.24, 2.45) is 0 Å². The summed E-state index contributed by atoms with van der Waals surface area (Å²) in [5.41, 5.74) is 3.58. The van der Waals surface area contributed by atoms with Crippen LogP contribution >= 0.6 is 11.6 Å². The van der Waals surface area contributed by atoms with Gasteiger partial charge in [0.05, 0.1) is 5.02 Å². The SMILES string of the molecule is Cc1cccc(-c2nccc(Nc3cccc(C(=O)Nc4ccc(F)c(Cl)c4)c3)n2)c1. The van der Waals surface area contributed by atoms with Gasteiger partial charge in [-0.3, -0.25) is 4.79 Å². The average molecular weight is 433 g/mol. The number of anilines is 3. The molecule has 3 aromatic carbocycles. The quantitative estimate of drug-likeness (QED) is 0.391. The molecule has 7 heteroatoms. The second-order valence-electron chi connectivity index (χ2n) is 6.92. The molecule has 0 fully saturated rings. The minimum absolute atomic E-state index is 0.0543. The zero-order valence-corrected chi connectivity index (χ0v) is 17.3. The Morgan fingerprint density at radius 2 is 1.81 bits per heavy atom. The lowest BCUT2D eigenvalue weighted by Gasteiger charge is -2.10. The van der Waals surface area contributed by atoms with Crippen LogP contribution in [0.3, 0.4) is 0 Å². The number of carbonyl (C=O) groups is 1. The number of aryl methyl sites for hydroxylation is 1. The van der Waals surface area contributed by atoms with Gasteiger partial charge in [-0.2, -0.15) is 0 Å². The number of carbonyl (C=O) groups excluding carboxylic acids is 1. The monoisotopic (exact) mass is 432 g/mol. The van der Waals surface area contributed by atoms with E-state index < -0.39 is 5.82 Å².